The molecule has 1 aliphatic carbocycles. The second-order valence-electron chi connectivity index (χ2n) is 4.93. The summed E-state index contributed by atoms with van der Waals surface area (Å²) < 4.78 is 5.39. The minimum atomic E-state index is 0.285. The molecule has 2 N–H and O–H groups in total. The van der Waals surface area contributed by atoms with E-state index in [4.69, 9.17) is 10.5 Å². The predicted octanol–water partition coefficient (Wildman–Crippen LogP) is 1.40. The normalized spacial score (nSPS) is 25.7. The molecule has 0 saturated carbocycles. The van der Waals surface area contributed by atoms with Crippen LogP contribution in [0.4, 0.5) is 0 Å². The van der Waals surface area contributed by atoms with Gasteiger partial charge in [0, 0.05) is 37.6 Å². The van der Waals surface area contributed by atoms with Crippen LogP contribution in [0.15, 0.2) is 12.3 Å². The van der Waals surface area contributed by atoms with Crippen molar-refractivity contribution >= 4 is 0 Å². The Morgan fingerprint density at radius 2 is 2.06 bits per heavy atom. The number of ether oxygens (including phenoxy) is 1. The third-order valence-electron chi connectivity index (χ3n) is 3.71. The van der Waals surface area contributed by atoms with E-state index in [2.05, 4.69) is 11.1 Å². The van der Waals surface area contributed by atoms with Crippen molar-refractivity contribution in [2.75, 3.05) is 13.2 Å². The summed E-state index contributed by atoms with van der Waals surface area (Å²) >= 11 is 0. The quantitative estimate of drug-likeness (QED) is 0.775. The largest absolute Gasteiger partial charge is 0.381 e. The highest BCUT2D eigenvalue weighted by Crippen LogP contribution is 2.29. The smallest absolute Gasteiger partial charge is 0.0471 e. The first-order valence-corrected chi connectivity index (χ1v) is 6.14. The molecule has 1 aromatic rings. The van der Waals surface area contributed by atoms with Crippen LogP contribution in [-0.2, 0) is 17.6 Å². The van der Waals surface area contributed by atoms with E-state index in [0.717, 1.165) is 38.9 Å². The molecule has 0 aromatic carbocycles. The molecule has 0 radical (unpaired) electrons. The predicted molar refractivity (Wildman–Crippen MR) is 62.4 cm³/mol. The highest BCUT2D eigenvalue weighted by molar-refractivity contribution is 5.32. The Labute approximate surface area is 96.0 Å². The summed E-state index contributed by atoms with van der Waals surface area (Å²) in [6.45, 7) is 1.78. The highest BCUT2D eigenvalue weighted by Gasteiger charge is 2.22. The van der Waals surface area contributed by atoms with E-state index in [0.29, 0.717) is 5.92 Å². The number of hydrogen-bond acceptors (Lipinski definition) is 3. The molecular weight excluding hydrogens is 200 g/mol. The van der Waals surface area contributed by atoms with E-state index in [-0.39, 0.29) is 6.04 Å². The Hall–Kier alpha value is -0.930. The molecule has 2 heterocycles. The van der Waals surface area contributed by atoms with Gasteiger partial charge in [-0.2, -0.15) is 0 Å². The first-order chi connectivity index (χ1) is 7.83. The third kappa shape index (κ3) is 1.85. The van der Waals surface area contributed by atoms with Gasteiger partial charge in [-0.1, -0.05) is 6.07 Å². The zero-order valence-electron chi connectivity index (χ0n) is 9.48. The molecule has 1 saturated heterocycles. The average Bonchev–Trinajstić information content (AvgIpc) is 2.69. The van der Waals surface area contributed by atoms with Crippen LogP contribution in [0.3, 0.4) is 0 Å². The monoisotopic (exact) mass is 218 g/mol. The second kappa shape index (κ2) is 4.15. The van der Waals surface area contributed by atoms with E-state index in [1.807, 2.05) is 6.20 Å². The zero-order chi connectivity index (χ0) is 11.0. The van der Waals surface area contributed by atoms with Gasteiger partial charge in [-0.25, -0.2) is 0 Å². The molecular formula is C13H18N2O. The number of aromatic nitrogens is 1. The topological polar surface area (TPSA) is 48.1 Å². The van der Waals surface area contributed by atoms with Gasteiger partial charge in [0.2, 0.25) is 0 Å². The van der Waals surface area contributed by atoms with E-state index < -0.39 is 0 Å². The van der Waals surface area contributed by atoms with Gasteiger partial charge in [0.1, 0.15) is 0 Å². The molecule has 1 aliphatic heterocycles. The van der Waals surface area contributed by atoms with Crippen LogP contribution in [0, 0.1) is 0 Å². The molecule has 3 heteroatoms. The van der Waals surface area contributed by atoms with Crippen LogP contribution < -0.4 is 5.73 Å². The van der Waals surface area contributed by atoms with Crippen molar-refractivity contribution < 1.29 is 4.74 Å². The maximum atomic E-state index is 5.95. The molecule has 1 atom stereocenters. The van der Waals surface area contributed by atoms with Gasteiger partial charge in [-0.3, -0.25) is 4.98 Å². The van der Waals surface area contributed by atoms with E-state index in [9.17, 15) is 0 Å². The molecule has 1 unspecified atom stereocenters. The fourth-order valence-corrected chi connectivity index (χ4v) is 2.77. The molecule has 0 spiro atoms. The van der Waals surface area contributed by atoms with Crippen molar-refractivity contribution in [3.05, 3.63) is 29.1 Å². The average molecular weight is 218 g/mol. The van der Waals surface area contributed by atoms with Crippen molar-refractivity contribution in [1.29, 1.82) is 0 Å². The lowest BCUT2D eigenvalue weighted by Gasteiger charge is -2.22. The molecule has 1 fully saturated rings. The van der Waals surface area contributed by atoms with Crippen LogP contribution in [0.5, 0.6) is 0 Å². The minimum Gasteiger partial charge on any atom is -0.381 e. The first kappa shape index (κ1) is 10.2. The van der Waals surface area contributed by atoms with Gasteiger partial charge in [0.15, 0.2) is 0 Å². The molecule has 3 rings (SSSR count). The lowest BCUT2D eigenvalue weighted by Crippen LogP contribution is -2.19. The van der Waals surface area contributed by atoms with Crippen molar-refractivity contribution in [2.45, 2.75) is 37.6 Å². The molecule has 1 aromatic heterocycles. The Kier molecular flexibility index (Phi) is 2.65. The summed E-state index contributed by atoms with van der Waals surface area (Å²) in [7, 11) is 0. The summed E-state index contributed by atoms with van der Waals surface area (Å²) in [5.74, 6) is 0.642. The number of rotatable bonds is 1. The van der Waals surface area contributed by atoms with E-state index in [1.54, 1.807) is 0 Å². The van der Waals surface area contributed by atoms with Gasteiger partial charge in [-0.15, -0.1) is 0 Å². The maximum Gasteiger partial charge on any atom is 0.0471 e. The minimum absolute atomic E-state index is 0.285. The van der Waals surface area contributed by atoms with Crippen LogP contribution in [0.1, 0.15) is 35.6 Å². The SMILES string of the molecule is NC1Cc2cc(C3CCOCC3)cnc2C1. The van der Waals surface area contributed by atoms with Crippen LogP contribution >= 0.6 is 0 Å². The number of nitrogens with zero attached hydrogens (tertiary/aromatic N) is 1. The molecule has 0 bridgehead atoms. The van der Waals surface area contributed by atoms with Gasteiger partial charge in [-0.05, 0) is 36.3 Å². The summed E-state index contributed by atoms with van der Waals surface area (Å²) in [6, 6.07) is 2.61. The number of nitrogens with two attached hydrogens (primary N) is 1. The Morgan fingerprint density at radius 1 is 1.25 bits per heavy atom. The lowest BCUT2D eigenvalue weighted by atomic mass is 9.92. The third-order valence-corrected chi connectivity index (χ3v) is 3.71. The summed E-state index contributed by atoms with van der Waals surface area (Å²) in [6.07, 6.45) is 6.26. The van der Waals surface area contributed by atoms with E-state index in [1.165, 1.54) is 16.8 Å². The zero-order valence-corrected chi connectivity index (χ0v) is 9.48. The molecule has 0 amide bonds. The van der Waals surface area contributed by atoms with Crippen molar-refractivity contribution in [3.8, 4) is 0 Å². The molecule has 86 valence electrons. The van der Waals surface area contributed by atoms with Gasteiger partial charge in [0.05, 0.1) is 0 Å². The fourth-order valence-electron chi connectivity index (χ4n) is 2.77. The van der Waals surface area contributed by atoms with Crippen LogP contribution in [0.2, 0.25) is 0 Å². The highest BCUT2D eigenvalue weighted by atomic mass is 16.5. The summed E-state index contributed by atoms with van der Waals surface area (Å²) in [5.41, 5.74) is 9.92. The molecule has 16 heavy (non-hydrogen) atoms. The van der Waals surface area contributed by atoms with E-state index >= 15 is 0 Å². The fraction of sp³-hybridized carbons (Fsp3) is 0.615. The molecule has 2 aliphatic rings. The Balaban J connectivity index is 1.84. The Morgan fingerprint density at radius 3 is 2.88 bits per heavy atom. The van der Waals surface area contributed by atoms with Crippen molar-refractivity contribution in [1.82, 2.24) is 4.98 Å². The van der Waals surface area contributed by atoms with Gasteiger partial charge < -0.3 is 10.5 Å². The standard InChI is InChI=1S/C13H18N2O/c14-12-6-10-5-11(8-15-13(10)7-12)9-1-3-16-4-2-9/h5,8-9,12H,1-4,6-7,14H2. The maximum absolute atomic E-state index is 5.95. The lowest BCUT2D eigenvalue weighted by molar-refractivity contribution is 0.0852. The second-order valence-corrected chi connectivity index (χ2v) is 4.93. The Bertz CT molecular complexity index is 386. The summed E-state index contributed by atoms with van der Waals surface area (Å²) in [5, 5.41) is 0. The van der Waals surface area contributed by atoms with Crippen molar-refractivity contribution in [3.63, 3.8) is 0 Å². The van der Waals surface area contributed by atoms with Gasteiger partial charge >= 0.3 is 0 Å². The number of hydrogen-bond donors (Lipinski definition) is 1. The first-order valence-electron chi connectivity index (χ1n) is 6.14. The van der Waals surface area contributed by atoms with Crippen molar-refractivity contribution in [2.24, 2.45) is 5.73 Å². The number of pyridine rings is 1. The van der Waals surface area contributed by atoms with Gasteiger partial charge in [0.25, 0.3) is 0 Å². The van der Waals surface area contributed by atoms with Crippen LogP contribution in [-0.4, -0.2) is 24.2 Å². The van der Waals surface area contributed by atoms with Crippen LogP contribution in [0.25, 0.3) is 0 Å². The summed E-state index contributed by atoms with van der Waals surface area (Å²) in [4.78, 5) is 4.56. The molecule has 3 nitrogen and oxygen atoms in total. The number of fused-ring (bicyclic) bond motifs is 1.